The number of amides is 1. The highest BCUT2D eigenvalue weighted by Crippen LogP contribution is 2.16. The van der Waals surface area contributed by atoms with Crippen LogP contribution >= 0.6 is 0 Å². The first-order valence-corrected chi connectivity index (χ1v) is 7.00. The molecule has 0 aliphatic carbocycles. The maximum Gasteiger partial charge on any atom is 0.238 e. The van der Waals surface area contributed by atoms with E-state index in [2.05, 4.69) is 5.32 Å². The summed E-state index contributed by atoms with van der Waals surface area (Å²) in [6, 6.07) is 6.27. The number of carbonyl (C=O) groups is 1. The topological polar surface area (TPSA) is 115 Å². The van der Waals surface area contributed by atoms with E-state index >= 15 is 0 Å². The van der Waals surface area contributed by atoms with Crippen LogP contribution < -0.4 is 16.2 Å². The Morgan fingerprint density at radius 2 is 2.11 bits per heavy atom. The minimum Gasteiger partial charge on any atom is -0.370 e. The molecular weight excluding hydrogens is 254 g/mol. The molecule has 1 rings (SSSR count). The van der Waals surface area contributed by atoms with E-state index in [-0.39, 0.29) is 23.3 Å². The number of nitrogens with two attached hydrogens (primary N) is 2. The standard InChI is InChI=1S/C11H17N3O3S/c1-8(14-6-5-11(12)15)9-3-2-4-10(7-9)18(13,16)17/h2-4,7-8,14H,5-6H2,1H3,(H2,12,15)(H2,13,16,17). The maximum atomic E-state index is 11.2. The summed E-state index contributed by atoms with van der Waals surface area (Å²) in [5.74, 6) is -0.381. The van der Waals surface area contributed by atoms with Gasteiger partial charge in [-0.2, -0.15) is 0 Å². The monoisotopic (exact) mass is 271 g/mol. The summed E-state index contributed by atoms with van der Waals surface area (Å²) in [7, 11) is -3.69. The number of benzene rings is 1. The highest BCUT2D eigenvalue weighted by molar-refractivity contribution is 7.89. The largest absolute Gasteiger partial charge is 0.370 e. The van der Waals surface area contributed by atoms with Gasteiger partial charge in [-0.25, -0.2) is 13.6 Å². The molecule has 0 bridgehead atoms. The van der Waals surface area contributed by atoms with Crippen molar-refractivity contribution in [3.63, 3.8) is 0 Å². The van der Waals surface area contributed by atoms with Gasteiger partial charge in [-0.3, -0.25) is 4.79 Å². The van der Waals surface area contributed by atoms with Crippen LogP contribution in [0.5, 0.6) is 0 Å². The molecule has 0 radical (unpaired) electrons. The van der Waals surface area contributed by atoms with Crippen molar-refractivity contribution in [2.24, 2.45) is 10.9 Å². The maximum absolute atomic E-state index is 11.2. The fourth-order valence-corrected chi connectivity index (χ4v) is 2.06. The second-order valence-electron chi connectivity index (χ2n) is 4.01. The number of nitrogens with one attached hydrogen (secondary N) is 1. The van der Waals surface area contributed by atoms with Crippen molar-refractivity contribution in [2.75, 3.05) is 6.54 Å². The van der Waals surface area contributed by atoms with Crippen molar-refractivity contribution in [1.29, 1.82) is 0 Å². The lowest BCUT2D eigenvalue weighted by Crippen LogP contribution is -2.24. The predicted octanol–water partition coefficient (Wildman–Crippen LogP) is -0.140. The number of rotatable bonds is 6. The van der Waals surface area contributed by atoms with Gasteiger partial charge in [-0.15, -0.1) is 0 Å². The highest BCUT2D eigenvalue weighted by Gasteiger charge is 2.11. The van der Waals surface area contributed by atoms with E-state index in [9.17, 15) is 13.2 Å². The Morgan fingerprint density at radius 3 is 2.67 bits per heavy atom. The Labute approximate surface area is 106 Å². The fourth-order valence-electron chi connectivity index (χ4n) is 1.49. The first-order valence-electron chi connectivity index (χ1n) is 5.45. The molecule has 1 unspecified atom stereocenters. The normalized spacial score (nSPS) is 13.2. The Balaban J connectivity index is 2.74. The molecule has 0 saturated heterocycles. The van der Waals surface area contributed by atoms with E-state index in [4.69, 9.17) is 10.9 Å². The zero-order valence-electron chi connectivity index (χ0n) is 10.1. The van der Waals surface area contributed by atoms with Gasteiger partial charge in [0.05, 0.1) is 4.90 Å². The summed E-state index contributed by atoms with van der Waals surface area (Å²) >= 11 is 0. The molecule has 1 amide bonds. The van der Waals surface area contributed by atoms with Crippen molar-refractivity contribution in [1.82, 2.24) is 5.32 Å². The van der Waals surface area contributed by atoms with Crippen LogP contribution in [-0.4, -0.2) is 20.9 Å². The van der Waals surface area contributed by atoms with Crippen LogP contribution in [0.2, 0.25) is 0 Å². The summed E-state index contributed by atoms with van der Waals surface area (Å²) in [6.45, 7) is 2.30. The van der Waals surface area contributed by atoms with E-state index < -0.39 is 10.0 Å². The third-order valence-corrected chi connectivity index (χ3v) is 3.42. The van der Waals surface area contributed by atoms with E-state index in [1.54, 1.807) is 12.1 Å². The van der Waals surface area contributed by atoms with Crippen molar-refractivity contribution in [3.05, 3.63) is 29.8 Å². The third kappa shape index (κ3) is 4.44. The Bertz CT molecular complexity index is 528. The number of hydrogen-bond donors (Lipinski definition) is 3. The minimum absolute atomic E-state index is 0.0727. The van der Waals surface area contributed by atoms with Gasteiger partial charge in [0, 0.05) is 19.0 Å². The lowest BCUT2D eigenvalue weighted by Gasteiger charge is -2.14. The van der Waals surface area contributed by atoms with Crippen molar-refractivity contribution in [2.45, 2.75) is 24.3 Å². The number of sulfonamides is 1. The molecule has 6 nitrogen and oxygen atoms in total. The van der Waals surface area contributed by atoms with Crippen LogP contribution in [0.15, 0.2) is 29.2 Å². The molecule has 1 aromatic rings. The van der Waals surface area contributed by atoms with E-state index in [0.717, 1.165) is 5.56 Å². The van der Waals surface area contributed by atoms with Crippen LogP contribution in [0.3, 0.4) is 0 Å². The molecule has 0 saturated carbocycles. The second-order valence-corrected chi connectivity index (χ2v) is 5.57. The van der Waals surface area contributed by atoms with Gasteiger partial charge in [-0.1, -0.05) is 12.1 Å². The lowest BCUT2D eigenvalue weighted by molar-refractivity contribution is -0.117. The fraction of sp³-hybridized carbons (Fsp3) is 0.364. The average molecular weight is 271 g/mol. The smallest absolute Gasteiger partial charge is 0.238 e. The van der Waals surface area contributed by atoms with Gasteiger partial charge >= 0.3 is 0 Å². The predicted molar refractivity (Wildman–Crippen MR) is 68.0 cm³/mol. The Morgan fingerprint density at radius 1 is 1.44 bits per heavy atom. The van der Waals surface area contributed by atoms with Crippen molar-refractivity contribution < 1.29 is 13.2 Å². The number of primary amides is 1. The van der Waals surface area contributed by atoms with Crippen LogP contribution in [0, 0.1) is 0 Å². The molecule has 0 aliphatic rings. The van der Waals surface area contributed by atoms with Crippen LogP contribution in [0.25, 0.3) is 0 Å². The molecule has 0 spiro atoms. The summed E-state index contributed by atoms with van der Waals surface area (Å²) in [5, 5.41) is 8.13. The number of carbonyl (C=O) groups excluding carboxylic acids is 1. The van der Waals surface area contributed by atoms with Gasteiger partial charge in [0.25, 0.3) is 0 Å². The number of hydrogen-bond acceptors (Lipinski definition) is 4. The zero-order chi connectivity index (χ0) is 13.8. The lowest BCUT2D eigenvalue weighted by atomic mass is 10.1. The summed E-state index contributed by atoms with van der Waals surface area (Å²) < 4.78 is 22.4. The molecule has 0 aliphatic heterocycles. The van der Waals surface area contributed by atoms with E-state index in [0.29, 0.717) is 6.54 Å². The molecule has 0 aromatic heterocycles. The van der Waals surface area contributed by atoms with E-state index in [1.807, 2.05) is 6.92 Å². The van der Waals surface area contributed by atoms with Gasteiger partial charge in [0.2, 0.25) is 15.9 Å². The highest BCUT2D eigenvalue weighted by atomic mass is 32.2. The summed E-state index contributed by atoms with van der Waals surface area (Å²) in [6.07, 6.45) is 0.235. The summed E-state index contributed by atoms with van der Waals surface area (Å²) in [5.41, 5.74) is 5.81. The van der Waals surface area contributed by atoms with Crippen molar-refractivity contribution in [3.8, 4) is 0 Å². The third-order valence-electron chi connectivity index (χ3n) is 2.51. The Hall–Kier alpha value is -1.44. The second kappa shape index (κ2) is 5.94. The van der Waals surface area contributed by atoms with Crippen LogP contribution in [0.4, 0.5) is 0 Å². The zero-order valence-corrected chi connectivity index (χ0v) is 10.9. The molecule has 100 valence electrons. The molecule has 7 heteroatoms. The van der Waals surface area contributed by atoms with Gasteiger partial charge in [-0.05, 0) is 24.6 Å². The molecule has 1 aromatic carbocycles. The molecule has 18 heavy (non-hydrogen) atoms. The van der Waals surface area contributed by atoms with Crippen LogP contribution in [-0.2, 0) is 14.8 Å². The Kier molecular flexibility index (Phi) is 4.83. The summed E-state index contributed by atoms with van der Waals surface area (Å²) in [4.78, 5) is 10.7. The van der Waals surface area contributed by atoms with Crippen LogP contribution in [0.1, 0.15) is 24.9 Å². The molecule has 0 fully saturated rings. The van der Waals surface area contributed by atoms with E-state index in [1.165, 1.54) is 12.1 Å². The van der Waals surface area contributed by atoms with Gasteiger partial charge in [0.1, 0.15) is 0 Å². The van der Waals surface area contributed by atoms with Gasteiger partial charge < -0.3 is 11.1 Å². The van der Waals surface area contributed by atoms with Crippen molar-refractivity contribution >= 4 is 15.9 Å². The van der Waals surface area contributed by atoms with Gasteiger partial charge in [0.15, 0.2) is 0 Å². The quantitative estimate of drug-likeness (QED) is 0.667. The first-order chi connectivity index (χ1) is 8.30. The number of primary sulfonamides is 1. The first kappa shape index (κ1) is 14.6. The molecular formula is C11H17N3O3S. The SMILES string of the molecule is CC(NCCC(N)=O)c1cccc(S(N)(=O)=O)c1. The minimum atomic E-state index is -3.69. The average Bonchev–Trinajstić information content (AvgIpc) is 2.27. The molecule has 0 heterocycles. The molecule has 1 atom stereocenters. The molecule has 5 N–H and O–H groups in total.